The first kappa shape index (κ1) is 25.6. The van der Waals surface area contributed by atoms with Crippen LogP contribution in [0.3, 0.4) is 0 Å². The van der Waals surface area contributed by atoms with Crippen molar-refractivity contribution in [2.75, 3.05) is 25.0 Å². The normalized spacial score (nSPS) is 16.7. The van der Waals surface area contributed by atoms with E-state index in [4.69, 9.17) is 4.74 Å². The first-order valence-electron chi connectivity index (χ1n) is 11.8. The van der Waals surface area contributed by atoms with Crippen LogP contribution in [-0.4, -0.2) is 65.0 Å². The highest BCUT2D eigenvalue weighted by Crippen LogP contribution is 2.25. The zero-order chi connectivity index (χ0) is 26.3. The van der Waals surface area contributed by atoms with Crippen LogP contribution >= 0.6 is 0 Å². The largest absolute Gasteiger partial charge is 0.444 e. The average molecular weight is 514 g/mol. The first-order chi connectivity index (χ1) is 16.9. The second-order valence-corrected chi connectivity index (χ2v) is 11.8. The van der Waals surface area contributed by atoms with E-state index < -0.39 is 27.6 Å². The maximum absolute atomic E-state index is 13.2. The number of fused-ring (bicyclic) bond motifs is 1. The summed E-state index contributed by atoms with van der Waals surface area (Å²) >= 11 is 0. The summed E-state index contributed by atoms with van der Waals surface area (Å²) in [6.07, 6.45) is 3.69. The van der Waals surface area contributed by atoms with Gasteiger partial charge < -0.3 is 9.64 Å². The molecule has 1 aliphatic heterocycles. The number of carbonyl (C=O) groups is 2. The number of piperidine rings is 1. The zero-order valence-corrected chi connectivity index (χ0v) is 21.9. The van der Waals surface area contributed by atoms with Gasteiger partial charge in [0.1, 0.15) is 11.1 Å². The molecule has 2 amide bonds. The van der Waals surface area contributed by atoms with Crippen molar-refractivity contribution in [1.29, 1.82) is 0 Å². The molecule has 2 aromatic heterocycles. The summed E-state index contributed by atoms with van der Waals surface area (Å²) in [4.78, 5) is 37.7. The average Bonchev–Trinajstić information content (AvgIpc) is 3.26. The maximum atomic E-state index is 13.2. The molecule has 0 spiro atoms. The fourth-order valence-electron chi connectivity index (χ4n) is 4.11. The third-order valence-electron chi connectivity index (χ3n) is 6.02. The summed E-state index contributed by atoms with van der Waals surface area (Å²) in [6, 6.07) is 8.13. The van der Waals surface area contributed by atoms with E-state index in [1.165, 1.54) is 17.3 Å². The van der Waals surface area contributed by atoms with Crippen molar-refractivity contribution in [2.45, 2.75) is 51.0 Å². The number of likely N-dealkylation sites (tertiary alicyclic amines) is 1. The van der Waals surface area contributed by atoms with Crippen molar-refractivity contribution in [2.24, 2.45) is 5.92 Å². The van der Waals surface area contributed by atoms with Gasteiger partial charge in [-0.25, -0.2) is 27.2 Å². The summed E-state index contributed by atoms with van der Waals surface area (Å²) in [6.45, 7) is 8.10. The van der Waals surface area contributed by atoms with E-state index in [2.05, 4.69) is 9.97 Å². The monoisotopic (exact) mass is 513 g/mol. The van der Waals surface area contributed by atoms with Crippen molar-refractivity contribution in [3.63, 3.8) is 0 Å². The number of amides is 2. The first-order valence-corrected chi connectivity index (χ1v) is 13.2. The molecule has 192 valence electrons. The highest BCUT2D eigenvalue weighted by molar-refractivity contribution is 7.90. The van der Waals surface area contributed by atoms with Gasteiger partial charge in [0.05, 0.1) is 17.0 Å². The molecule has 10 nitrogen and oxygen atoms in total. The van der Waals surface area contributed by atoms with E-state index in [1.807, 2.05) is 6.92 Å². The van der Waals surface area contributed by atoms with Crippen molar-refractivity contribution in [1.82, 2.24) is 18.8 Å². The number of rotatable bonds is 4. The van der Waals surface area contributed by atoms with Gasteiger partial charge in [0, 0.05) is 26.3 Å². The molecule has 1 aromatic carbocycles. The molecule has 1 atom stereocenters. The minimum atomic E-state index is -3.85. The SMILES string of the molecule is Cc1ccc(S(=O)(=O)n2ccc3nc(N(C)C(=O)C4CCCN(C(=O)OC(C)(C)C)C4)cnc32)cc1. The molecule has 1 saturated heterocycles. The number of hydrogen-bond acceptors (Lipinski definition) is 7. The lowest BCUT2D eigenvalue weighted by atomic mass is 9.97. The van der Waals surface area contributed by atoms with E-state index in [9.17, 15) is 18.0 Å². The molecular weight excluding hydrogens is 482 g/mol. The number of aromatic nitrogens is 3. The molecule has 0 aliphatic carbocycles. The predicted molar refractivity (Wildman–Crippen MR) is 135 cm³/mol. The Balaban J connectivity index is 1.53. The minimum absolute atomic E-state index is 0.149. The van der Waals surface area contributed by atoms with Crippen molar-refractivity contribution < 1.29 is 22.7 Å². The van der Waals surface area contributed by atoms with Gasteiger partial charge in [-0.2, -0.15) is 0 Å². The fourth-order valence-corrected chi connectivity index (χ4v) is 5.41. The Labute approximate surface area is 210 Å². The van der Waals surface area contributed by atoms with Crippen molar-refractivity contribution >= 4 is 39.0 Å². The standard InChI is InChI=1S/C25H31N5O5S/c1-17-8-10-19(11-9-17)36(33,34)30-14-12-20-22(30)26-15-21(27-20)28(5)23(31)18-7-6-13-29(16-18)24(32)35-25(2,3)4/h8-12,14-15,18H,6-7,13,16H2,1-5H3. The highest BCUT2D eigenvalue weighted by Gasteiger charge is 2.33. The molecule has 3 heterocycles. The second kappa shape index (κ2) is 9.53. The van der Waals surface area contributed by atoms with E-state index >= 15 is 0 Å². The molecule has 36 heavy (non-hydrogen) atoms. The number of nitrogens with zero attached hydrogens (tertiary/aromatic N) is 5. The smallest absolute Gasteiger partial charge is 0.410 e. The Morgan fingerprint density at radius 2 is 1.83 bits per heavy atom. The Kier molecular flexibility index (Phi) is 6.78. The van der Waals surface area contributed by atoms with Crippen LogP contribution in [0.5, 0.6) is 0 Å². The molecule has 0 N–H and O–H groups in total. The number of carbonyl (C=O) groups excluding carboxylic acids is 2. The Morgan fingerprint density at radius 3 is 2.50 bits per heavy atom. The van der Waals surface area contributed by atoms with E-state index in [-0.39, 0.29) is 23.0 Å². The molecule has 0 bridgehead atoms. The summed E-state index contributed by atoms with van der Waals surface area (Å²) < 4.78 is 32.8. The van der Waals surface area contributed by atoms with Crippen LogP contribution in [0.15, 0.2) is 47.6 Å². The lowest BCUT2D eigenvalue weighted by Gasteiger charge is -2.34. The van der Waals surface area contributed by atoms with Gasteiger partial charge in [0.15, 0.2) is 11.5 Å². The topological polar surface area (TPSA) is 115 Å². The zero-order valence-electron chi connectivity index (χ0n) is 21.1. The summed E-state index contributed by atoms with van der Waals surface area (Å²) in [7, 11) is -2.25. The summed E-state index contributed by atoms with van der Waals surface area (Å²) in [5, 5.41) is 0. The van der Waals surface area contributed by atoms with Crippen molar-refractivity contribution in [3.05, 3.63) is 48.3 Å². The van der Waals surface area contributed by atoms with Crippen LogP contribution in [0.25, 0.3) is 11.2 Å². The van der Waals surface area contributed by atoms with E-state index in [1.54, 1.807) is 63.1 Å². The molecule has 1 unspecified atom stereocenters. The second-order valence-electron chi connectivity index (χ2n) is 10.0. The predicted octanol–water partition coefficient (Wildman–Crippen LogP) is 3.59. The minimum Gasteiger partial charge on any atom is -0.444 e. The Morgan fingerprint density at radius 1 is 1.14 bits per heavy atom. The van der Waals surface area contributed by atoms with Crippen LogP contribution in [-0.2, 0) is 19.6 Å². The number of anilines is 1. The number of benzene rings is 1. The van der Waals surface area contributed by atoms with Gasteiger partial charge in [-0.05, 0) is 58.7 Å². The van der Waals surface area contributed by atoms with Gasteiger partial charge in [-0.3, -0.25) is 9.69 Å². The van der Waals surface area contributed by atoms with Gasteiger partial charge >= 0.3 is 6.09 Å². The van der Waals surface area contributed by atoms with Gasteiger partial charge in [-0.1, -0.05) is 17.7 Å². The van der Waals surface area contributed by atoms with Gasteiger partial charge in [0.25, 0.3) is 10.0 Å². The lowest BCUT2D eigenvalue weighted by molar-refractivity contribution is -0.123. The quantitative estimate of drug-likeness (QED) is 0.524. The van der Waals surface area contributed by atoms with Gasteiger partial charge in [0.2, 0.25) is 5.91 Å². The maximum Gasteiger partial charge on any atom is 0.410 e. The third-order valence-corrected chi connectivity index (χ3v) is 7.70. The molecule has 1 fully saturated rings. The highest BCUT2D eigenvalue weighted by atomic mass is 32.2. The molecule has 3 aromatic rings. The van der Waals surface area contributed by atoms with E-state index in [0.29, 0.717) is 30.7 Å². The third kappa shape index (κ3) is 5.20. The number of hydrogen-bond donors (Lipinski definition) is 0. The van der Waals surface area contributed by atoms with E-state index in [0.717, 1.165) is 9.54 Å². The lowest BCUT2D eigenvalue weighted by Crippen LogP contribution is -2.47. The fraction of sp³-hybridized carbons (Fsp3) is 0.440. The van der Waals surface area contributed by atoms with Crippen LogP contribution in [0.2, 0.25) is 0 Å². The molecule has 0 saturated carbocycles. The van der Waals surface area contributed by atoms with Gasteiger partial charge in [-0.15, -0.1) is 0 Å². The number of aryl methyl sites for hydroxylation is 1. The van der Waals surface area contributed by atoms with Crippen LogP contribution in [0.1, 0.15) is 39.2 Å². The Hall–Kier alpha value is -3.47. The van der Waals surface area contributed by atoms with Crippen molar-refractivity contribution in [3.8, 4) is 0 Å². The molecule has 1 aliphatic rings. The Bertz CT molecular complexity index is 1390. The molecular formula is C25H31N5O5S. The molecule has 11 heteroatoms. The number of ether oxygens (including phenoxy) is 1. The van der Waals surface area contributed by atoms with Crippen LogP contribution in [0, 0.1) is 12.8 Å². The van der Waals surface area contributed by atoms with Crippen LogP contribution < -0.4 is 4.90 Å². The van der Waals surface area contributed by atoms with Crippen LogP contribution in [0.4, 0.5) is 10.6 Å². The molecule has 0 radical (unpaired) electrons. The summed E-state index contributed by atoms with van der Waals surface area (Å²) in [5.74, 6) is -0.295. The molecule has 4 rings (SSSR count). The summed E-state index contributed by atoms with van der Waals surface area (Å²) in [5.41, 5.74) is 0.866.